The Morgan fingerprint density at radius 3 is 2.37 bits per heavy atom. The molecule has 8 heteroatoms. The van der Waals surface area contributed by atoms with E-state index < -0.39 is 10.8 Å². The number of hydrogen-bond acceptors (Lipinski definition) is 4. The van der Waals surface area contributed by atoms with Gasteiger partial charge in [0.1, 0.15) is 5.56 Å². The number of amides is 2. The van der Waals surface area contributed by atoms with Crippen molar-refractivity contribution in [2.45, 2.75) is 26.4 Å². The van der Waals surface area contributed by atoms with E-state index in [1.54, 1.807) is 36.2 Å². The normalized spacial score (nSPS) is 10.6. The average Bonchev–Trinajstić information content (AvgIpc) is 2.65. The third kappa shape index (κ3) is 5.04. The molecule has 2 rings (SSSR count). The topological polar surface area (TPSA) is 92.6 Å². The first-order valence-corrected chi connectivity index (χ1v) is 8.66. The molecule has 0 aliphatic carbocycles. The Labute approximate surface area is 162 Å². The lowest BCUT2D eigenvalue weighted by Gasteiger charge is -2.21. The fraction of sp³-hybridized carbons (Fsp3) is 0.263. The van der Waals surface area contributed by atoms with Gasteiger partial charge in [0.05, 0.1) is 4.92 Å². The number of carbonyl (C=O) groups is 2. The molecule has 0 aliphatic rings. The predicted molar refractivity (Wildman–Crippen MR) is 103 cm³/mol. The van der Waals surface area contributed by atoms with Gasteiger partial charge in [-0.3, -0.25) is 19.7 Å². The number of nitro groups is 1. The van der Waals surface area contributed by atoms with E-state index >= 15 is 0 Å². The van der Waals surface area contributed by atoms with E-state index in [4.69, 9.17) is 11.6 Å². The van der Waals surface area contributed by atoms with Gasteiger partial charge in [0, 0.05) is 36.3 Å². The van der Waals surface area contributed by atoms with Crippen molar-refractivity contribution >= 4 is 29.1 Å². The maximum Gasteiger partial charge on any atom is 0.283 e. The van der Waals surface area contributed by atoms with Crippen LogP contribution in [-0.4, -0.2) is 34.7 Å². The lowest BCUT2D eigenvalue weighted by Crippen LogP contribution is -2.32. The molecule has 0 saturated carbocycles. The van der Waals surface area contributed by atoms with E-state index in [2.05, 4.69) is 5.32 Å². The zero-order valence-electron chi connectivity index (χ0n) is 15.2. The number of hydrogen-bond donors (Lipinski definition) is 1. The summed E-state index contributed by atoms with van der Waals surface area (Å²) in [6.45, 7) is 4.03. The smallest absolute Gasteiger partial charge is 0.283 e. The molecule has 1 N–H and O–H groups in total. The molecule has 7 nitrogen and oxygen atoms in total. The maximum atomic E-state index is 12.3. The minimum Gasteiger partial charge on any atom is -0.348 e. The molecule has 0 atom stereocenters. The van der Waals surface area contributed by atoms with Crippen molar-refractivity contribution in [1.82, 2.24) is 10.2 Å². The summed E-state index contributed by atoms with van der Waals surface area (Å²) in [7, 11) is 1.74. The van der Waals surface area contributed by atoms with Crippen molar-refractivity contribution in [1.29, 1.82) is 0 Å². The van der Waals surface area contributed by atoms with Gasteiger partial charge in [0.15, 0.2) is 0 Å². The van der Waals surface area contributed by atoms with Crippen LogP contribution in [0.25, 0.3) is 0 Å². The largest absolute Gasteiger partial charge is 0.348 e. The molecule has 0 radical (unpaired) electrons. The summed E-state index contributed by atoms with van der Waals surface area (Å²) < 4.78 is 0. The molecular formula is C19H20ClN3O4. The summed E-state index contributed by atoms with van der Waals surface area (Å²) >= 11 is 5.75. The Morgan fingerprint density at radius 1 is 1.19 bits per heavy atom. The second kappa shape index (κ2) is 8.64. The fourth-order valence-corrected chi connectivity index (χ4v) is 2.50. The van der Waals surface area contributed by atoms with Crippen LogP contribution in [-0.2, 0) is 6.54 Å². The monoisotopic (exact) mass is 389 g/mol. The molecule has 0 heterocycles. The van der Waals surface area contributed by atoms with Gasteiger partial charge in [-0.05, 0) is 43.7 Å². The summed E-state index contributed by atoms with van der Waals surface area (Å²) in [5.74, 6) is -0.657. The third-order valence-electron chi connectivity index (χ3n) is 4.15. The molecule has 0 unspecified atom stereocenters. The summed E-state index contributed by atoms with van der Waals surface area (Å²) in [4.78, 5) is 36.6. The fourth-order valence-electron chi connectivity index (χ4n) is 2.33. The predicted octanol–water partition coefficient (Wildman–Crippen LogP) is 3.66. The quantitative estimate of drug-likeness (QED) is 0.602. The van der Waals surface area contributed by atoms with E-state index in [1.807, 2.05) is 13.8 Å². The second-order valence-electron chi connectivity index (χ2n) is 6.31. The Morgan fingerprint density at radius 2 is 1.81 bits per heavy atom. The summed E-state index contributed by atoms with van der Waals surface area (Å²) in [6, 6.07) is 10.8. The zero-order valence-corrected chi connectivity index (χ0v) is 16.0. The minimum absolute atomic E-state index is 0.0604. The van der Waals surface area contributed by atoms with Crippen molar-refractivity contribution in [3.63, 3.8) is 0 Å². The van der Waals surface area contributed by atoms with E-state index in [1.165, 1.54) is 12.1 Å². The zero-order chi connectivity index (χ0) is 20.1. The lowest BCUT2D eigenvalue weighted by molar-refractivity contribution is -0.385. The molecule has 0 aromatic heterocycles. The third-order valence-corrected chi connectivity index (χ3v) is 4.39. The first-order valence-electron chi connectivity index (χ1n) is 8.29. The summed E-state index contributed by atoms with van der Waals surface area (Å²) in [6.07, 6.45) is 0. The summed E-state index contributed by atoms with van der Waals surface area (Å²) in [5, 5.41) is 13.9. The number of nitro benzene ring substituents is 1. The molecule has 2 aromatic rings. The van der Waals surface area contributed by atoms with Crippen LogP contribution >= 0.6 is 11.6 Å². The van der Waals surface area contributed by atoms with Crippen molar-refractivity contribution < 1.29 is 14.5 Å². The minimum atomic E-state index is -0.646. The standard InChI is InChI=1S/C19H20ClN3O4/c1-12(2)22(3)19(25)14-6-4-13(5-7-14)11-21-18(24)16-9-8-15(20)10-17(16)23(26)27/h4-10,12H,11H2,1-3H3,(H,21,24). The molecular weight excluding hydrogens is 370 g/mol. The van der Waals surface area contributed by atoms with Crippen LogP contribution in [0.4, 0.5) is 5.69 Å². The second-order valence-corrected chi connectivity index (χ2v) is 6.74. The van der Waals surface area contributed by atoms with Crippen LogP contribution in [0.3, 0.4) is 0 Å². The molecule has 0 spiro atoms. The average molecular weight is 390 g/mol. The highest BCUT2D eigenvalue weighted by Crippen LogP contribution is 2.23. The number of halogens is 1. The maximum absolute atomic E-state index is 12.3. The van der Waals surface area contributed by atoms with Crippen LogP contribution < -0.4 is 5.32 Å². The van der Waals surface area contributed by atoms with Crippen LogP contribution in [0.2, 0.25) is 5.02 Å². The molecule has 142 valence electrons. The first-order chi connectivity index (χ1) is 12.7. The van der Waals surface area contributed by atoms with Crippen molar-refractivity contribution in [2.24, 2.45) is 0 Å². The first kappa shape index (κ1) is 20.4. The van der Waals surface area contributed by atoms with E-state index in [0.717, 1.165) is 11.6 Å². The van der Waals surface area contributed by atoms with Crippen LogP contribution in [0.1, 0.15) is 40.1 Å². The Hall–Kier alpha value is -2.93. The van der Waals surface area contributed by atoms with Crippen molar-refractivity contribution in [2.75, 3.05) is 7.05 Å². The van der Waals surface area contributed by atoms with E-state index in [9.17, 15) is 19.7 Å². The molecule has 0 aliphatic heterocycles. The molecule has 2 amide bonds. The van der Waals surface area contributed by atoms with Crippen LogP contribution in [0.15, 0.2) is 42.5 Å². The lowest BCUT2D eigenvalue weighted by atomic mass is 10.1. The highest BCUT2D eigenvalue weighted by molar-refractivity contribution is 6.31. The van der Waals surface area contributed by atoms with Gasteiger partial charge >= 0.3 is 0 Å². The number of nitrogens with one attached hydrogen (secondary N) is 1. The molecule has 27 heavy (non-hydrogen) atoms. The van der Waals surface area contributed by atoms with Crippen molar-refractivity contribution in [3.05, 3.63) is 74.3 Å². The van der Waals surface area contributed by atoms with Gasteiger partial charge < -0.3 is 10.2 Å². The number of nitrogens with zero attached hydrogens (tertiary/aromatic N) is 2. The van der Waals surface area contributed by atoms with Gasteiger partial charge in [-0.15, -0.1) is 0 Å². The van der Waals surface area contributed by atoms with E-state index in [-0.39, 0.29) is 34.8 Å². The molecule has 0 bridgehead atoms. The molecule has 0 fully saturated rings. The van der Waals surface area contributed by atoms with Gasteiger partial charge in [-0.1, -0.05) is 23.7 Å². The SMILES string of the molecule is CC(C)N(C)C(=O)c1ccc(CNC(=O)c2ccc(Cl)cc2[N+](=O)[O-])cc1. The number of benzene rings is 2. The number of rotatable bonds is 6. The Kier molecular flexibility index (Phi) is 6.52. The molecule has 0 saturated heterocycles. The highest BCUT2D eigenvalue weighted by atomic mass is 35.5. The summed E-state index contributed by atoms with van der Waals surface area (Å²) in [5.41, 5.74) is 0.908. The van der Waals surface area contributed by atoms with Gasteiger partial charge in [-0.25, -0.2) is 0 Å². The van der Waals surface area contributed by atoms with Crippen molar-refractivity contribution in [3.8, 4) is 0 Å². The van der Waals surface area contributed by atoms with Crippen LogP contribution in [0.5, 0.6) is 0 Å². The Bertz CT molecular complexity index is 866. The highest BCUT2D eigenvalue weighted by Gasteiger charge is 2.20. The van der Waals surface area contributed by atoms with Crippen LogP contribution in [0, 0.1) is 10.1 Å². The van der Waals surface area contributed by atoms with E-state index in [0.29, 0.717) is 5.56 Å². The number of carbonyl (C=O) groups excluding carboxylic acids is 2. The van der Waals surface area contributed by atoms with Gasteiger partial charge in [-0.2, -0.15) is 0 Å². The van der Waals surface area contributed by atoms with Gasteiger partial charge in [0.25, 0.3) is 17.5 Å². The Balaban J connectivity index is 2.06. The molecule has 2 aromatic carbocycles. The van der Waals surface area contributed by atoms with Gasteiger partial charge in [0.2, 0.25) is 0 Å².